The van der Waals surface area contributed by atoms with Crippen LogP contribution in [0.15, 0.2) is 36.4 Å². The number of hydrogen-bond donors (Lipinski definition) is 0. The van der Waals surface area contributed by atoms with Crippen LogP contribution in [-0.2, 0) is 6.42 Å². The summed E-state index contributed by atoms with van der Waals surface area (Å²) in [4.78, 5) is 0. The molecule has 100 valence electrons. The van der Waals surface area contributed by atoms with Gasteiger partial charge in [-0.25, -0.2) is 17.6 Å². The maximum absolute atomic E-state index is 13.1. The van der Waals surface area contributed by atoms with E-state index in [1.165, 1.54) is 12.1 Å². The van der Waals surface area contributed by atoms with E-state index in [0.29, 0.717) is 11.1 Å². The van der Waals surface area contributed by atoms with E-state index in [1.807, 2.05) is 0 Å². The molecule has 19 heavy (non-hydrogen) atoms. The highest BCUT2D eigenvalue weighted by atomic mass is 35.5. The van der Waals surface area contributed by atoms with Gasteiger partial charge in [-0.15, -0.1) is 11.6 Å². The SMILES string of the molecule is Fc1ccc(CC(Cl)c2ccc(F)c(F)c2)cc1F. The van der Waals surface area contributed by atoms with Gasteiger partial charge in [-0.1, -0.05) is 12.1 Å². The molecule has 0 saturated heterocycles. The van der Waals surface area contributed by atoms with Gasteiger partial charge in [0.15, 0.2) is 23.3 Å². The Bertz CT molecular complexity index is 598. The molecule has 0 aliphatic carbocycles. The Kier molecular flexibility index (Phi) is 4.10. The molecule has 2 aromatic carbocycles. The second-order valence-corrected chi connectivity index (χ2v) is 4.62. The van der Waals surface area contributed by atoms with E-state index in [1.54, 1.807) is 0 Å². The molecule has 0 amide bonds. The Labute approximate surface area is 112 Å². The van der Waals surface area contributed by atoms with Crippen LogP contribution in [0, 0.1) is 23.3 Å². The summed E-state index contributed by atoms with van der Waals surface area (Å²) in [6.07, 6.45) is 0.184. The summed E-state index contributed by atoms with van der Waals surface area (Å²) in [5, 5.41) is -0.653. The summed E-state index contributed by atoms with van der Waals surface area (Å²) in [6.45, 7) is 0. The van der Waals surface area contributed by atoms with Crippen LogP contribution >= 0.6 is 11.6 Å². The van der Waals surface area contributed by atoms with Crippen molar-refractivity contribution in [1.82, 2.24) is 0 Å². The van der Waals surface area contributed by atoms with Crippen molar-refractivity contribution in [2.24, 2.45) is 0 Å². The Morgan fingerprint density at radius 3 is 1.95 bits per heavy atom. The van der Waals surface area contributed by atoms with E-state index < -0.39 is 28.6 Å². The fourth-order valence-electron chi connectivity index (χ4n) is 1.70. The first-order chi connectivity index (χ1) is 8.97. The third-order valence-corrected chi connectivity index (χ3v) is 3.11. The van der Waals surface area contributed by atoms with Gasteiger partial charge in [-0.3, -0.25) is 0 Å². The summed E-state index contributed by atoms with van der Waals surface area (Å²) >= 11 is 6.05. The first kappa shape index (κ1) is 13.9. The van der Waals surface area contributed by atoms with Crippen molar-refractivity contribution in [3.8, 4) is 0 Å². The molecule has 0 heterocycles. The molecule has 2 aromatic rings. The first-order valence-corrected chi connectivity index (χ1v) is 5.94. The smallest absolute Gasteiger partial charge is 0.159 e. The predicted octanol–water partition coefficient (Wildman–Crippen LogP) is 4.77. The maximum Gasteiger partial charge on any atom is 0.159 e. The van der Waals surface area contributed by atoms with E-state index in [0.717, 1.165) is 24.3 Å². The topological polar surface area (TPSA) is 0 Å². The maximum atomic E-state index is 13.1. The second kappa shape index (κ2) is 5.61. The van der Waals surface area contributed by atoms with Crippen molar-refractivity contribution in [3.05, 3.63) is 70.8 Å². The van der Waals surface area contributed by atoms with Gasteiger partial charge in [-0.2, -0.15) is 0 Å². The van der Waals surface area contributed by atoms with Crippen molar-refractivity contribution in [2.75, 3.05) is 0 Å². The lowest BCUT2D eigenvalue weighted by Crippen LogP contribution is -1.99. The van der Waals surface area contributed by atoms with Crippen molar-refractivity contribution >= 4 is 11.6 Å². The minimum absolute atomic E-state index is 0.184. The van der Waals surface area contributed by atoms with Gasteiger partial charge < -0.3 is 0 Å². The van der Waals surface area contributed by atoms with Crippen LogP contribution in [0.25, 0.3) is 0 Å². The van der Waals surface area contributed by atoms with Crippen LogP contribution in [0.3, 0.4) is 0 Å². The van der Waals surface area contributed by atoms with E-state index in [-0.39, 0.29) is 6.42 Å². The highest BCUT2D eigenvalue weighted by Crippen LogP contribution is 2.26. The van der Waals surface area contributed by atoms with Gasteiger partial charge in [0.05, 0.1) is 5.38 Å². The molecule has 2 rings (SSSR count). The van der Waals surface area contributed by atoms with E-state index in [2.05, 4.69) is 0 Å². The molecule has 0 fully saturated rings. The molecule has 1 atom stereocenters. The summed E-state index contributed by atoms with van der Waals surface area (Å²) < 4.78 is 51.6. The highest BCUT2D eigenvalue weighted by Gasteiger charge is 2.13. The van der Waals surface area contributed by atoms with Crippen molar-refractivity contribution in [3.63, 3.8) is 0 Å². The quantitative estimate of drug-likeness (QED) is 0.564. The molecule has 0 N–H and O–H groups in total. The molecular weight excluding hydrogens is 280 g/mol. The normalized spacial score (nSPS) is 12.5. The number of benzene rings is 2. The molecule has 0 nitrogen and oxygen atoms in total. The average Bonchev–Trinajstić information content (AvgIpc) is 2.37. The molecule has 0 aliphatic rings. The molecule has 0 saturated carbocycles. The third-order valence-electron chi connectivity index (χ3n) is 2.70. The number of hydrogen-bond acceptors (Lipinski definition) is 0. The Balaban J connectivity index is 2.17. The van der Waals surface area contributed by atoms with E-state index in [9.17, 15) is 17.6 Å². The fraction of sp³-hybridized carbons (Fsp3) is 0.143. The third kappa shape index (κ3) is 3.26. The lowest BCUT2D eigenvalue weighted by atomic mass is 10.0. The second-order valence-electron chi connectivity index (χ2n) is 4.09. The molecule has 0 aromatic heterocycles. The van der Waals surface area contributed by atoms with E-state index >= 15 is 0 Å². The Hall–Kier alpha value is -1.55. The predicted molar refractivity (Wildman–Crippen MR) is 65.0 cm³/mol. The van der Waals surface area contributed by atoms with Gasteiger partial charge in [0.1, 0.15) is 0 Å². The van der Waals surface area contributed by atoms with Crippen LogP contribution < -0.4 is 0 Å². The largest absolute Gasteiger partial charge is 0.204 e. The van der Waals surface area contributed by atoms with Crippen LogP contribution in [0.5, 0.6) is 0 Å². The lowest BCUT2D eigenvalue weighted by molar-refractivity contribution is 0.505. The summed E-state index contributed by atoms with van der Waals surface area (Å²) in [5.74, 6) is -3.86. The first-order valence-electron chi connectivity index (χ1n) is 5.50. The average molecular weight is 289 g/mol. The standard InChI is InChI=1S/C14H9ClF4/c15-10(9-2-4-12(17)14(19)7-9)5-8-1-3-11(16)13(18)6-8/h1-4,6-7,10H,5H2. The number of rotatable bonds is 3. The van der Waals surface area contributed by atoms with Gasteiger partial charge >= 0.3 is 0 Å². The van der Waals surface area contributed by atoms with Crippen molar-refractivity contribution in [1.29, 1.82) is 0 Å². The van der Waals surface area contributed by atoms with Crippen LogP contribution in [0.2, 0.25) is 0 Å². The number of halogens is 5. The van der Waals surface area contributed by atoms with Gasteiger partial charge in [0, 0.05) is 0 Å². The minimum atomic E-state index is -0.992. The number of alkyl halides is 1. The van der Waals surface area contributed by atoms with Crippen LogP contribution in [-0.4, -0.2) is 0 Å². The van der Waals surface area contributed by atoms with Crippen LogP contribution in [0.4, 0.5) is 17.6 Å². The van der Waals surface area contributed by atoms with Gasteiger partial charge in [0.25, 0.3) is 0 Å². The summed E-state index contributed by atoms with van der Waals surface area (Å²) in [5.41, 5.74) is 0.855. The van der Waals surface area contributed by atoms with Gasteiger partial charge in [-0.05, 0) is 41.8 Å². The summed E-state index contributed by atoms with van der Waals surface area (Å²) in [7, 11) is 0. The Morgan fingerprint density at radius 2 is 1.37 bits per heavy atom. The zero-order valence-corrected chi connectivity index (χ0v) is 10.4. The monoisotopic (exact) mass is 288 g/mol. The van der Waals surface area contributed by atoms with Gasteiger partial charge in [0.2, 0.25) is 0 Å². The van der Waals surface area contributed by atoms with Crippen molar-refractivity contribution in [2.45, 2.75) is 11.8 Å². The molecule has 0 radical (unpaired) electrons. The molecule has 0 aliphatic heterocycles. The zero-order valence-electron chi connectivity index (χ0n) is 9.64. The molecule has 1 unspecified atom stereocenters. The Morgan fingerprint density at radius 1 is 0.789 bits per heavy atom. The molecule has 5 heteroatoms. The van der Waals surface area contributed by atoms with Crippen molar-refractivity contribution < 1.29 is 17.6 Å². The highest BCUT2D eigenvalue weighted by molar-refractivity contribution is 6.20. The van der Waals surface area contributed by atoms with Crippen LogP contribution in [0.1, 0.15) is 16.5 Å². The van der Waals surface area contributed by atoms with E-state index in [4.69, 9.17) is 11.6 Å². The molecule has 0 spiro atoms. The summed E-state index contributed by atoms with van der Waals surface area (Å²) in [6, 6.07) is 6.76. The minimum Gasteiger partial charge on any atom is -0.204 e. The molecular formula is C14H9ClF4. The fourth-order valence-corrected chi connectivity index (χ4v) is 2.01. The zero-order chi connectivity index (χ0) is 14.0. The molecule has 0 bridgehead atoms. The lowest BCUT2D eigenvalue weighted by Gasteiger charge is -2.10.